The number of carbonyl (C=O) groups is 1. The molecular weight excluding hydrogens is 296 g/mol. The van der Waals surface area contributed by atoms with E-state index in [1.54, 1.807) is 6.20 Å². The Morgan fingerprint density at radius 1 is 1.36 bits per heavy atom. The average Bonchev–Trinajstić information content (AvgIpc) is 2.97. The Bertz CT molecular complexity index is 620. The summed E-state index contributed by atoms with van der Waals surface area (Å²) in [6, 6.07) is 6.27. The lowest BCUT2D eigenvalue weighted by Crippen LogP contribution is -2.44. The number of nitrogens with one attached hydrogen (secondary N) is 1. The first-order valence-corrected chi connectivity index (χ1v) is 8.38. The van der Waals surface area contributed by atoms with E-state index in [0.717, 1.165) is 43.2 Å². The summed E-state index contributed by atoms with van der Waals surface area (Å²) in [6.45, 7) is 4.78. The van der Waals surface area contributed by atoms with E-state index < -0.39 is 0 Å². The van der Waals surface area contributed by atoms with Crippen molar-refractivity contribution in [3.05, 3.63) is 46.2 Å². The molecule has 0 unspecified atom stereocenters. The molecule has 0 atom stereocenters. The third kappa shape index (κ3) is 3.90. The van der Waals surface area contributed by atoms with E-state index in [1.807, 2.05) is 25.3 Å². The lowest BCUT2D eigenvalue weighted by Gasteiger charge is -2.32. The molecule has 0 bridgehead atoms. The van der Waals surface area contributed by atoms with Crippen molar-refractivity contribution in [3.8, 4) is 0 Å². The highest BCUT2D eigenvalue weighted by atomic mass is 32.1. The number of piperidine rings is 1. The molecule has 5 nitrogen and oxygen atoms in total. The third-order valence-electron chi connectivity index (χ3n) is 3.88. The minimum absolute atomic E-state index is 0.00813. The average molecular weight is 316 g/mol. The summed E-state index contributed by atoms with van der Waals surface area (Å²) >= 11 is 1.44. The van der Waals surface area contributed by atoms with Crippen LogP contribution in [0.5, 0.6) is 0 Å². The number of carbonyl (C=O) groups excluding carboxylic acids is 1. The van der Waals surface area contributed by atoms with Crippen LogP contribution in [0, 0.1) is 6.92 Å². The third-order valence-corrected chi connectivity index (χ3v) is 4.79. The van der Waals surface area contributed by atoms with Crippen molar-refractivity contribution in [3.63, 3.8) is 0 Å². The van der Waals surface area contributed by atoms with Crippen molar-refractivity contribution >= 4 is 17.2 Å². The van der Waals surface area contributed by atoms with E-state index in [0.29, 0.717) is 4.88 Å². The van der Waals surface area contributed by atoms with Crippen LogP contribution in [0.2, 0.25) is 0 Å². The standard InChI is InChI=1S/C16H20N4OS/c1-12-18-10-15(22-12)16(21)19-13-5-8-20(9-6-13)11-14-4-2-3-7-17-14/h2-4,7,10,13H,5-6,8-9,11H2,1H3,(H,19,21). The van der Waals surface area contributed by atoms with Gasteiger partial charge >= 0.3 is 0 Å². The normalized spacial score (nSPS) is 16.6. The van der Waals surface area contributed by atoms with E-state index in [1.165, 1.54) is 11.3 Å². The Morgan fingerprint density at radius 2 is 2.18 bits per heavy atom. The molecule has 2 aromatic rings. The molecule has 2 aromatic heterocycles. The molecule has 1 fully saturated rings. The molecule has 0 aromatic carbocycles. The van der Waals surface area contributed by atoms with Gasteiger partial charge in [0.2, 0.25) is 0 Å². The van der Waals surface area contributed by atoms with Gasteiger partial charge < -0.3 is 5.32 Å². The summed E-state index contributed by atoms with van der Waals surface area (Å²) in [7, 11) is 0. The Morgan fingerprint density at radius 3 is 2.82 bits per heavy atom. The molecule has 116 valence electrons. The summed E-state index contributed by atoms with van der Waals surface area (Å²) in [5.74, 6) is 0.00813. The van der Waals surface area contributed by atoms with E-state index in [9.17, 15) is 4.79 Å². The highest BCUT2D eigenvalue weighted by molar-refractivity contribution is 7.13. The van der Waals surface area contributed by atoms with Crippen LogP contribution in [0.15, 0.2) is 30.6 Å². The molecule has 1 aliphatic rings. The number of hydrogen-bond acceptors (Lipinski definition) is 5. The SMILES string of the molecule is Cc1ncc(C(=O)NC2CCN(Cc3ccccn3)CC2)s1. The molecule has 6 heteroatoms. The predicted molar refractivity (Wildman–Crippen MR) is 86.9 cm³/mol. The number of pyridine rings is 1. The number of aryl methyl sites for hydroxylation is 1. The minimum Gasteiger partial charge on any atom is -0.348 e. The molecule has 1 aliphatic heterocycles. The van der Waals surface area contributed by atoms with Gasteiger partial charge in [-0.15, -0.1) is 11.3 Å². The van der Waals surface area contributed by atoms with Gasteiger partial charge in [-0.2, -0.15) is 0 Å². The van der Waals surface area contributed by atoms with Gasteiger partial charge in [-0.05, 0) is 31.9 Å². The summed E-state index contributed by atoms with van der Waals surface area (Å²) in [5.41, 5.74) is 1.10. The molecular formula is C16H20N4OS. The second-order valence-electron chi connectivity index (χ2n) is 5.59. The zero-order valence-corrected chi connectivity index (χ0v) is 13.5. The Kier molecular flexibility index (Phi) is 4.80. The van der Waals surface area contributed by atoms with Gasteiger partial charge in [-0.1, -0.05) is 6.07 Å². The molecule has 22 heavy (non-hydrogen) atoms. The molecule has 1 saturated heterocycles. The van der Waals surface area contributed by atoms with Gasteiger partial charge in [0.15, 0.2) is 0 Å². The van der Waals surface area contributed by atoms with E-state index in [2.05, 4.69) is 26.3 Å². The monoisotopic (exact) mass is 316 g/mol. The van der Waals surface area contributed by atoms with Gasteiger partial charge in [-0.3, -0.25) is 14.7 Å². The molecule has 3 heterocycles. The lowest BCUT2D eigenvalue weighted by molar-refractivity contribution is 0.0912. The summed E-state index contributed by atoms with van der Waals surface area (Å²) in [4.78, 5) is 23.7. The van der Waals surface area contributed by atoms with Gasteiger partial charge in [0.1, 0.15) is 4.88 Å². The lowest BCUT2D eigenvalue weighted by atomic mass is 10.0. The van der Waals surface area contributed by atoms with Crippen LogP contribution in [0.1, 0.15) is 33.2 Å². The first-order valence-electron chi connectivity index (χ1n) is 7.56. The number of aromatic nitrogens is 2. The van der Waals surface area contributed by atoms with Gasteiger partial charge in [0.05, 0.1) is 16.9 Å². The van der Waals surface area contributed by atoms with E-state index in [4.69, 9.17) is 0 Å². The molecule has 0 aliphatic carbocycles. The number of rotatable bonds is 4. The van der Waals surface area contributed by atoms with Crippen molar-refractivity contribution in [2.75, 3.05) is 13.1 Å². The number of likely N-dealkylation sites (tertiary alicyclic amines) is 1. The van der Waals surface area contributed by atoms with Crippen molar-refractivity contribution in [2.45, 2.75) is 32.4 Å². The van der Waals surface area contributed by atoms with Crippen LogP contribution in [0.25, 0.3) is 0 Å². The second-order valence-corrected chi connectivity index (χ2v) is 6.82. The molecule has 3 rings (SSSR count). The smallest absolute Gasteiger partial charge is 0.263 e. The van der Waals surface area contributed by atoms with Gasteiger partial charge in [0, 0.05) is 31.9 Å². The maximum absolute atomic E-state index is 12.1. The van der Waals surface area contributed by atoms with Crippen LogP contribution in [-0.2, 0) is 6.54 Å². The molecule has 0 radical (unpaired) electrons. The largest absolute Gasteiger partial charge is 0.348 e. The molecule has 1 N–H and O–H groups in total. The van der Waals surface area contributed by atoms with Crippen LogP contribution < -0.4 is 5.32 Å². The zero-order valence-electron chi connectivity index (χ0n) is 12.7. The Balaban J connectivity index is 1.46. The quantitative estimate of drug-likeness (QED) is 0.940. The van der Waals surface area contributed by atoms with Crippen molar-refractivity contribution in [1.29, 1.82) is 0 Å². The fourth-order valence-corrected chi connectivity index (χ4v) is 3.36. The predicted octanol–water partition coefficient (Wildman–Crippen LogP) is 2.24. The summed E-state index contributed by atoms with van der Waals surface area (Å²) in [6.07, 6.45) is 5.46. The van der Waals surface area contributed by atoms with E-state index >= 15 is 0 Å². The highest BCUT2D eigenvalue weighted by Crippen LogP contribution is 2.15. The Labute approximate surface area is 134 Å². The second kappa shape index (κ2) is 6.98. The van der Waals surface area contributed by atoms with Crippen molar-refractivity contribution in [1.82, 2.24) is 20.2 Å². The molecule has 0 saturated carbocycles. The number of amides is 1. The summed E-state index contributed by atoms with van der Waals surface area (Å²) < 4.78 is 0. The number of nitrogens with zero attached hydrogens (tertiary/aromatic N) is 3. The van der Waals surface area contributed by atoms with Gasteiger partial charge in [0.25, 0.3) is 5.91 Å². The fourth-order valence-electron chi connectivity index (χ4n) is 2.68. The molecule has 0 spiro atoms. The van der Waals surface area contributed by atoms with Crippen molar-refractivity contribution in [2.24, 2.45) is 0 Å². The van der Waals surface area contributed by atoms with Crippen LogP contribution in [0.4, 0.5) is 0 Å². The summed E-state index contributed by atoms with van der Waals surface area (Å²) in [5, 5.41) is 4.05. The molecule has 1 amide bonds. The first kappa shape index (κ1) is 15.1. The van der Waals surface area contributed by atoms with Gasteiger partial charge in [-0.25, -0.2) is 4.98 Å². The number of thiazole rings is 1. The maximum atomic E-state index is 12.1. The van der Waals surface area contributed by atoms with Crippen LogP contribution >= 0.6 is 11.3 Å². The van der Waals surface area contributed by atoms with E-state index in [-0.39, 0.29) is 11.9 Å². The van der Waals surface area contributed by atoms with Crippen LogP contribution in [-0.4, -0.2) is 39.9 Å². The zero-order chi connectivity index (χ0) is 15.4. The first-order chi connectivity index (χ1) is 10.7. The topological polar surface area (TPSA) is 58.1 Å². The maximum Gasteiger partial charge on any atom is 0.263 e. The number of hydrogen-bond donors (Lipinski definition) is 1. The fraction of sp³-hybridized carbons (Fsp3) is 0.438. The highest BCUT2D eigenvalue weighted by Gasteiger charge is 2.22. The Hall–Kier alpha value is -1.79. The van der Waals surface area contributed by atoms with Crippen molar-refractivity contribution < 1.29 is 4.79 Å². The minimum atomic E-state index is 0.00813. The van der Waals surface area contributed by atoms with Crippen LogP contribution in [0.3, 0.4) is 0 Å².